The number of anilines is 1. The Balaban J connectivity index is 1.07. The van der Waals surface area contributed by atoms with E-state index in [9.17, 15) is 4.79 Å². The quantitative estimate of drug-likeness (QED) is 0.0469. The maximum atomic E-state index is 11.7. The molecule has 2 unspecified atom stereocenters. The first kappa shape index (κ1) is 49.5. The monoisotopic (exact) mass is 899 g/mol. The Labute approximate surface area is 403 Å². The van der Waals surface area contributed by atoms with Gasteiger partial charge in [0.1, 0.15) is 11.5 Å². The Morgan fingerprint density at radius 3 is 2.12 bits per heavy atom. The van der Waals surface area contributed by atoms with Crippen LogP contribution in [0.4, 0.5) is 5.69 Å². The van der Waals surface area contributed by atoms with Gasteiger partial charge in [0, 0.05) is 55.1 Å². The Hall–Kier alpha value is -5.43. The van der Waals surface area contributed by atoms with Crippen LogP contribution in [0.2, 0.25) is 0 Å². The van der Waals surface area contributed by atoms with Gasteiger partial charge in [-0.1, -0.05) is 152 Å². The number of nitrogens with zero attached hydrogens (tertiary/aromatic N) is 1. The number of allylic oxidation sites excluding steroid dienone is 7. The van der Waals surface area contributed by atoms with Crippen LogP contribution in [0.3, 0.4) is 0 Å². The molecule has 0 saturated carbocycles. The van der Waals surface area contributed by atoms with Crippen LogP contribution in [0, 0.1) is 5.92 Å². The Kier molecular flexibility index (Phi) is 17.0. The highest BCUT2D eigenvalue weighted by molar-refractivity contribution is 5.92. The minimum absolute atomic E-state index is 0.0270. The van der Waals surface area contributed by atoms with E-state index in [0.29, 0.717) is 24.0 Å². The zero-order valence-corrected chi connectivity index (χ0v) is 41.8. The van der Waals surface area contributed by atoms with Crippen LogP contribution >= 0.6 is 0 Å². The molecular formula is C61H78N4O2. The molecular weight excluding hydrogens is 821 g/mol. The smallest absolute Gasteiger partial charge is 0.246 e. The fourth-order valence-corrected chi connectivity index (χ4v) is 10.6. The van der Waals surface area contributed by atoms with Crippen molar-refractivity contribution in [3.05, 3.63) is 190 Å². The van der Waals surface area contributed by atoms with Crippen LogP contribution < -0.4 is 25.6 Å². The van der Waals surface area contributed by atoms with Crippen LogP contribution in [0.15, 0.2) is 156 Å². The van der Waals surface area contributed by atoms with Crippen molar-refractivity contribution in [2.75, 3.05) is 24.5 Å². The summed E-state index contributed by atoms with van der Waals surface area (Å²) in [4.78, 5) is 14.2. The van der Waals surface area contributed by atoms with Gasteiger partial charge in [-0.2, -0.15) is 0 Å². The van der Waals surface area contributed by atoms with Crippen molar-refractivity contribution in [2.24, 2.45) is 5.92 Å². The lowest BCUT2D eigenvalue weighted by molar-refractivity contribution is -0.117. The maximum absolute atomic E-state index is 11.7. The highest BCUT2D eigenvalue weighted by Gasteiger charge is 2.39. The van der Waals surface area contributed by atoms with Crippen LogP contribution in [-0.4, -0.2) is 25.5 Å². The molecule has 4 aromatic carbocycles. The molecule has 0 fully saturated rings. The molecule has 2 atom stereocenters. The molecule has 0 spiro atoms. The van der Waals surface area contributed by atoms with Gasteiger partial charge < -0.3 is 25.6 Å². The maximum Gasteiger partial charge on any atom is 0.246 e. The van der Waals surface area contributed by atoms with Gasteiger partial charge in [-0.15, -0.1) is 0 Å². The lowest BCUT2D eigenvalue weighted by Crippen LogP contribution is -2.27. The first-order chi connectivity index (χ1) is 32.4. The van der Waals surface area contributed by atoms with Crippen molar-refractivity contribution in [3.8, 4) is 5.75 Å². The van der Waals surface area contributed by atoms with E-state index in [2.05, 4.69) is 190 Å². The molecule has 1 amide bonds. The van der Waals surface area contributed by atoms with E-state index in [1.807, 2.05) is 0 Å². The van der Waals surface area contributed by atoms with E-state index in [1.54, 1.807) is 12.5 Å². The number of para-hydroxylation sites is 1. The summed E-state index contributed by atoms with van der Waals surface area (Å²) in [6.07, 6.45) is 19.7. The largest absolute Gasteiger partial charge is 0.457 e. The normalized spacial score (nSPS) is 20.0. The standard InChI is InChI=1S/C61H78N4O2/c1-9-17-48-30-33-51(60(5,6)54-21-12-11-20-53(48)54)34-31-49-18-15-19-50(32-37-57-61(7,8)55-22-13-14-23-56(55)65(57)40-10-2)58(49)67-52-35-28-47(29-36-52)43-63-42-46-26-24-45(25-27-46)41-62-38-16-39-64-59(66)44(3)4/h11-14,20-29,31-32,34-37,48,51,62-63H,3,9-10,15-19,30,33,38-43H2,1-2,4-8H3,(H,64,66)/b34-31+,50-32+,57-37+. The lowest BCUT2D eigenvalue weighted by atomic mass is 9.71. The topological polar surface area (TPSA) is 65.6 Å². The van der Waals surface area contributed by atoms with E-state index < -0.39 is 0 Å². The minimum atomic E-state index is -0.0968. The predicted molar refractivity (Wildman–Crippen MR) is 281 cm³/mol. The summed E-state index contributed by atoms with van der Waals surface area (Å²) in [5, 5.41) is 10.0. The first-order valence-corrected chi connectivity index (χ1v) is 25.4. The fourth-order valence-electron chi connectivity index (χ4n) is 10.6. The second-order valence-corrected chi connectivity index (χ2v) is 20.3. The number of amides is 1. The van der Waals surface area contributed by atoms with Crippen molar-refractivity contribution in [3.63, 3.8) is 0 Å². The fraction of sp³-hybridized carbons (Fsp3) is 0.426. The number of carbonyl (C=O) groups excluding carboxylic acids is 1. The summed E-state index contributed by atoms with van der Waals surface area (Å²) >= 11 is 0. The number of carbonyl (C=O) groups is 1. The van der Waals surface area contributed by atoms with Crippen LogP contribution in [0.1, 0.15) is 146 Å². The van der Waals surface area contributed by atoms with Gasteiger partial charge in [0.25, 0.3) is 0 Å². The third-order valence-electron chi connectivity index (χ3n) is 14.5. The summed E-state index contributed by atoms with van der Waals surface area (Å²) in [7, 11) is 0. The molecule has 67 heavy (non-hydrogen) atoms. The third-order valence-corrected chi connectivity index (χ3v) is 14.5. The van der Waals surface area contributed by atoms with Crippen molar-refractivity contribution >= 4 is 11.6 Å². The van der Waals surface area contributed by atoms with E-state index >= 15 is 0 Å². The van der Waals surface area contributed by atoms with Crippen molar-refractivity contribution in [1.82, 2.24) is 16.0 Å². The van der Waals surface area contributed by atoms with Crippen LogP contribution in [0.25, 0.3) is 0 Å². The zero-order valence-electron chi connectivity index (χ0n) is 41.8. The van der Waals surface area contributed by atoms with Gasteiger partial charge in [0.05, 0.1) is 0 Å². The van der Waals surface area contributed by atoms with Crippen LogP contribution in [0.5, 0.6) is 5.75 Å². The number of nitrogens with one attached hydrogen (secondary N) is 3. The SMILES string of the molecule is C=C(C)C(=O)NCCCNCc1ccc(CNCc2ccc(OC3=C(/C=C/C4CCC(CCC)c5ccccc5C4(C)C)CCC/C3=C\C=C3\N(CCC)c4ccccc4C3(C)C)cc2)cc1. The molecule has 0 aromatic heterocycles. The lowest BCUT2D eigenvalue weighted by Gasteiger charge is -2.33. The number of benzene rings is 4. The average Bonchev–Trinajstić information content (AvgIpc) is 3.47. The Morgan fingerprint density at radius 2 is 1.43 bits per heavy atom. The summed E-state index contributed by atoms with van der Waals surface area (Å²) in [5.41, 5.74) is 13.9. The predicted octanol–water partition coefficient (Wildman–Crippen LogP) is 13.8. The molecule has 7 rings (SSSR count). The molecule has 354 valence electrons. The van der Waals surface area contributed by atoms with Crippen molar-refractivity contribution in [1.29, 1.82) is 0 Å². The van der Waals surface area contributed by atoms with Gasteiger partial charge >= 0.3 is 0 Å². The Morgan fingerprint density at radius 1 is 0.776 bits per heavy atom. The molecule has 3 aliphatic rings. The van der Waals surface area contributed by atoms with Gasteiger partial charge in [-0.3, -0.25) is 4.79 Å². The summed E-state index contributed by atoms with van der Waals surface area (Å²) in [6, 6.07) is 35.7. The molecule has 3 N–H and O–H groups in total. The van der Waals surface area contributed by atoms with E-state index in [4.69, 9.17) is 4.74 Å². The molecule has 0 radical (unpaired) electrons. The average molecular weight is 899 g/mol. The molecule has 0 saturated heterocycles. The molecule has 6 heteroatoms. The van der Waals surface area contributed by atoms with Gasteiger partial charge in [0.2, 0.25) is 5.91 Å². The van der Waals surface area contributed by atoms with E-state index in [0.717, 1.165) is 76.3 Å². The highest BCUT2D eigenvalue weighted by Crippen LogP contribution is 2.49. The molecule has 1 heterocycles. The zero-order chi connectivity index (χ0) is 47.4. The van der Waals surface area contributed by atoms with Crippen LogP contribution in [-0.2, 0) is 35.3 Å². The van der Waals surface area contributed by atoms with Gasteiger partial charge in [-0.05, 0) is 151 Å². The molecule has 6 nitrogen and oxygen atoms in total. The van der Waals surface area contributed by atoms with Gasteiger partial charge in [0.15, 0.2) is 0 Å². The second-order valence-electron chi connectivity index (χ2n) is 20.3. The van der Waals surface area contributed by atoms with E-state index in [1.165, 1.54) is 76.0 Å². The third kappa shape index (κ3) is 12.2. The van der Waals surface area contributed by atoms with E-state index in [-0.39, 0.29) is 16.7 Å². The first-order valence-electron chi connectivity index (χ1n) is 25.4. The minimum Gasteiger partial charge on any atom is -0.457 e. The summed E-state index contributed by atoms with van der Waals surface area (Å²) in [5.74, 6) is 2.86. The molecule has 4 aromatic rings. The summed E-state index contributed by atoms with van der Waals surface area (Å²) in [6.45, 7) is 24.6. The number of ether oxygens (including phenoxy) is 1. The van der Waals surface area contributed by atoms with Gasteiger partial charge in [-0.25, -0.2) is 0 Å². The molecule has 1 aliphatic heterocycles. The number of hydrogen-bond donors (Lipinski definition) is 3. The molecule has 0 bridgehead atoms. The molecule has 2 aliphatic carbocycles. The summed E-state index contributed by atoms with van der Waals surface area (Å²) < 4.78 is 7.08. The number of hydrogen-bond acceptors (Lipinski definition) is 5. The second kappa shape index (κ2) is 23.0. The Bertz CT molecular complexity index is 2430. The van der Waals surface area contributed by atoms with Crippen molar-refractivity contribution in [2.45, 2.75) is 143 Å². The highest BCUT2D eigenvalue weighted by atomic mass is 16.5. The number of fused-ring (bicyclic) bond motifs is 2. The number of rotatable bonds is 20. The van der Waals surface area contributed by atoms with Crippen molar-refractivity contribution < 1.29 is 9.53 Å².